The molecule has 2 aromatic carbocycles. The Morgan fingerprint density at radius 1 is 1.09 bits per heavy atom. The Hall–Kier alpha value is -2.93. The first-order valence-corrected chi connectivity index (χ1v) is 7.32. The molecule has 4 aromatic rings. The fourth-order valence-corrected chi connectivity index (χ4v) is 3.15. The number of aromatic nitrogens is 2. The number of hydrogen-bond acceptors (Lipinski definition) is 6. The van der Waals surface area contributed by atoms with Gasteiger partial charge in [0.05, 0.1) is 10.2 Å². The van der Waals surface area contributed by atoms with Crippen LogP contribution in [0.3, 0.4) is 0 Å². The maximum Gasteiger partial charge on any atom is 0.292 e. The third kappa shape index (κ3) is 2.08. The number of nitrogens with one attached hydrogen (secondary N) is 1. The molecule has 0 bridgehead atoms. The van der Waals surface area contributed by atoms with E-state index in [1.807, 2.05) is 36.4 Å². The van der Waals surface area contributed by atoms with Crippen molar-refractivity contribution in [2.45, 2.75) is 0 Å². The van der Waals surface area contributed by atoms with Crippen LogP contribution in [0.4, 0.5) is 11.1 Å². The summed E-state index contributed by atoms with van der Waals surface area (Å²) in [5.74, 6) is 0. The molecule has 1 amide bonds. The Kier molecular flexibility index (Phi) is 2.80. The van der Waals surface area contributed by atoms with Gasteiger partial charge in [-0.1, -0.05) is 23.5 Å². The van der Waals surface area contributed by atoms with Crippen molar-refractivity contribution in [3.05, 3.63) is 36.4 Å². The minimum atomic E-state index is 0.159. The van der Waals surface area contributed by atoms with Crippen LogP contribution < -0.4 is 11.1 Å². The molecule has 3 N–H and O–H groups in total. The number of carbonyl (C=O) groups is 1. The Labute approximate surface area is 128 Å². The van der Waals surface area contributed by atoms with E-state index in [9.17, 15) is 4.79 Å². The number of oxazole rings is 1. The van der Waals surface area contributed by atoms with E-state index >= 15 is 0 Å². The molecule has 0 unspecified atom stereocenters. The number of fused-ring (bicyclic) bond motifs is 2. The quantitative estimate of drug-likeness (QED) is 0.566. The molecule has 0 saturated carbocycles. The summed E-state index contributed by atoms with van der Waals surface area (Å²) in [4.78, 5) is 19.0. The van der Waals surface area contributed by atoms with Gasteiger partial charge in [-0.25, -0.2) is 4.98 Å². The van der Waals surface area contributed by atoms with Crippen LogP contribution >= 0.6 is 11.3 Å². The van der Waals surface area contributed by atoms with Crippen molar-refractivity contribution in [2.24, 2.45) is 0 Å². The average molecular weight is 310 g/mol. The summed E-state index contributed by atoms with van der Waals surface area (Å²) in [5.41, 5.74) is 9.78. The Morgan fingerprint density at radius 2 is 1.91 bits per heavy atom. The van der Waals surface area contributed by atoms with E-state index in [-0.39, 0.29) is 6.01 Å². The predicted molar refractivity (Wildman–Crippen MR) is 86.7 cm³/mol. The Bertz CT molecular complexity index is 1010. The van der Waals surface area contributed by atoms with E-state index in [2.05, 4.69) is 15.3 Å². The van der Waals surface area contributed by atoms with Crippen molar-refractivity contribution in [1.29, 1.82) is 0 Å². The topological polar surface area (TPSA) is 94.0 Å². The second-order valence-electron chi connectivity index (χ2n) is 4.70. The summed E-state index contributed by atoms with van der Waals surface area (Å²) in [5, 5.41) is 3.16. The monoisotopic (exact) mass is 310 g/mol. The van der Waals surface area contributed by atoms with E-state index in [0.29, 0.717) is 17.1 Å². The number of thiazole rings is 1. The van der Waals surface area contributed by atoms with Gasteiger partial charge in [0.15, 0.2) is 10.7 Å². The van der Waals surface area contributed by atoms with Crippen LogP contribution in [0.15, 0.2) is 40.8 Å². The molecule has 4 rings (SSSR count). The van der Waals surface area contributed by atoms with Gasteiger partial charge < -0.3 is 15.5 Å². The largest absolute Gasteiger partial charge is 0.424 e. The second kappa shape index (κ2) is 4.81. The summed E-state index contributed by atoms with van der Waals surface area (Å²) < 4.78 is 6.37. The number of carbonyl (C=O) groups excluding carboxylic acids is 1. The molecule has 0 aliphatic rings. The van der Waals surface area contributed by atoms with Gasteiger partial charge in [-0.15, -0.1) is 0 Å². The van der Waals surface area contributed by atoms with E-state index in [4.69, 9.17) is 10.2 Å². The molecule has 0 saturated heterocycles. The van der Waals surface area contributed by atoms with Crippen molar-refractivity contribution in [3.8, 4) is 11.1 Å². The molecule has 0 spiro atoms. The predicted octanol–water partition coefficient (Wildman–Crippen LogP) is 3.26. The van der Waals surface area contributed by atoms with E-state index in [0.717, 1.165) is 26.9 Å². The number of nitrogens with two attached hydrogens (primary N) is 1. The van der Waals surface area contributed by atoms with Crippen LogP contribution in [0, 0.1) is 0 Å². The van der Waals surface area contributed by atoms with Crippen molar-refractivity contribution in [2.75, 3.05) is 11.1 Å². The minimum absolute atomic E-state index is 0.159. The second-order valence-corrected chi connectivity index (χ2v) is 5.73. The van der Waals surface area contributed by atoms with Crippen molar-refractivity contribution >= 4 is 50.2 Å². The lowest BCUT2D eigenvalue weighted by molar-refractivity contribution is -0.105. The lowest BCUT2D eigenvalue weighted by atomic mass is 10.1. The summed E-state index contributed by atoms with van der Waals surface area (Å²) in [6, 6.07) is 11.9. The molecule has 0 atom stereocenters. The number of benzene rings is 2. The lowest BCUT2D eigenvalue weighted by Gasteiger charge is -2.01. The zero-order valence-corrected chi connectivity index (χ0v) is 12.1. The summed E-state index contributed by atoms with van der Waals surface area (Å²) in [6.45, 7) is 0. The lowest BCUT2D eigenvalue weighted by Crippen LogP contribution is -1.91. The van der Waals surface area contributed by atoms with Crippen LogP contribution in [-0.2, 0) is 4.79 Å². The normalized spacial score (nSPS) is 11.1. The van der Waals surface area contributed by atoms with Crippen molar-refractivity contribution < 1.29 is 9.21 Å². The summed E-state index contributed by atoms with van der Waals surface area (Å²) in [6.07, 6.45) is 0.626. The van der Waals surface area contributed by atoms with Crippen LogP contribution in [0.2, 0.25) is 0 Å². The van der Waals surface area contributed by atoms with E-state index in [1.165, 1.54) is 11.3 Å². The Morgan fingerprint density at radius 3 is 2.77 bits per heavy atom. The van der Waals surface area contributed by atoms with Gasteiger partial charge in [-0.2, -0.15) is 4.98 Å². The van der Waals surface area contributed by atoms with Gasteiger partial charge in [-0.3, -0.25) is 4.79 Å². The number of anilines is 2. The van der Waals surface area contributed by atoms with E-state index in [1.54, 1.807) is 0 Å². The van der Waals surface area contributed by atoms with Crippen molar-refractivity contribution in [1.82, 2.24) is 9.97 Å². The van der Waals surface area contributed by atoms with Gasteiger partial charge in [-0.05, 0) is 35.4 Å². The summed E-state index contributed by atoms with van der Waals surface area (Å²) in [7, 11) is 0. The maximum absolute atomic E-state index is 10.5. The SMILES string of the molecule is Nc1nc2ccc(-c3ccc4sc(NC=O)nc4c3)cc2o1. The highest BCUT2D eigenvalue weighted by atomic mass is 32.1. The third-order valence-corrected chi connectivity index (χ3v) is 4.28. The molecule has 0 radical (unpaired) electrons. The van der Waals surface area contributed by atoms with Gasteiger partial charge >= 0.3 is 0 Å². The minimum Gasteiger partial charge on any atom is -0.424 e. The number of hydrogen-bond donors (Lipinski definition) is 2. The number of amides is 1. The van der Waals surface area contributed by atoms with E-state index < -0.39 is 0 Å². The van der Waals surface area contributed by atoms with Crippen LogP contribution in [-0.4, -0.2) is 16.4 Å². The molecule has 0 aliphatic heterocycles. The average Bonchev–Trinajstić information content (AvgIpc) is 3.07. The van der Waals surface area contributed by atoms with Crippen LogP contribution in [0.5, 0.6) is 0 Å². The fourth-order valence-electron chi connectivity index (χ4n) is 2.34. The number of nitrogens with zero attached hydrogens (tertiary/aromatic N) is 2. The Balaban J connectivity index is 1.82. The highest BCUT2D eigenvalue weighted by molar-refractivity contribution is 7.22. The molecule has 22 heavy (non-hydrogen) atoms. The number of rotatable bonds is 3. The number of nitrogen functional groups attached to an aromatic ring is 1. The first kappa shape index (κ1) is 12.8. The van der Waals surface area contributed by atoms with Crippen LogP contribution in [0.1, 0.15) is 0 Å². The first-order chi connectivity index (χ1) is 10.7. The fraction of sp³-hybridized carbons (Fsp3) is 0. The van der Waals surface area contributed by atoms with Gasteiger partial charge in [0.25, 0.3) is 6.01 Å². The molecule has 7 heteroatoms. The van der Waals surface area contributed by atoms with Crippen molar-refractivity contribution in [3.63, 3.8) is 0 Å². The zero-order valence-electron chi connectivity index (χ0n) is 11.2. The van der Waals surface area contributed by atoms with Crippen LogP contribution in [0.25, 0.3) is 32.4 Å². The highest BCUT2D eigenvalue weighted by Crippen LogP contribution is 2.31. The maximum atomic E-state index is 10.5. The standard InChI is InChI=1S/C15H10N4O2S/c16-14-18-10-3-1-9(6-12(10)21-14)8-2-4-13-11(5-8)19-15(22-13)17-7-20/h1-7H,(H2,16,18)(H,17,19,20). The smallest absolute Gasteiger partial charge is 0.292 e. The molecular formula is C15H10N4O2S. The zero-order chi connectivity index (χ0) is 15.1. The highest BCUT2D eigenvalue weighted by Gasteiger charge is 2.08. The molecule has 6 nitrogen and oxygen atoms in total. The first-order valence-electron chi connectivity index (χ1n) is 6.50. The van der Waals surface area contributed by atoms with Gasteiger partial charge in [0, 0.05) is 0 Å². The molecule has 0 aliphatic carbocycles. The van der Waals surface area contributed by atoms with Gasteiger partial charge in [0.1, 0.15) is 5.52 Å². The molecule has 2 aromatic heterocycles. The molecular weight excluding hydrogens is 300 g/mol. The molecule has 0 fully saturated rings. The summed E-state index contributed by atoms with van der Waals surface area (Å²) >= 11 is 1.43. The van der Waals surface area contributed by atoms with Gasteiger partial charge in [0.2, 0.25) is 6.41 Å². The third-order valence-electron chi connectivity index (χ3n) is 3.31. The molecule has 108 valence electrons. The molecule has 2 heterocycles.